The molecule has 3 N–H and O–H groups in total. The molecule has 1 aromatic carbocycles. The fraction of sp³-hybridized carbons (Fsp3) is 0.0435. The Morgan fingerprint density at radius 1 is 0.811 bits per heavy atom. The highest BCUT2D eigenvalue weighted by molar-refractivity contribution is 7.71. The first-order valence-corrected chi connectivity index (χ1v) is 11.5. The molecule has 0 spiro atoms. The zero-order valence-corrected chi connectivity index (χ0v) is 20.8. The molecule has 0 aliphatic heterocycles. The number of benzene rings is 1. The van der Waals surface area contributed by atoms with Crippen LogP contribution >= 0.6 is 24.4 Å². The molecule has 4 aromatic heterocycles. The Bertz CT molecular complexity index is 1600. The lowest BCUT2D eigenvalue weighted by Crippen LogP contribution is -2.01. The van der Waals surface area contributed by atoms with Crippen LogP contribution in [0.2, 0.25) is 0 Å². The monoisotopic (exact) mass is 530 g/mol. The summed E-state index contributed by atoms with van der Waals surface area (Å²) in [7, 11) is 1.51. The number of hydrogen-bond acceptors (Lipinski definition) is 10. The van der Waals surface area contributed by atoms with Gasteiger partial charge in [0.15, 0.2) is 11.6 Å². The summed E-state index contributed by atoms with van der Waals surface area (Å²) < 4.78 is 9.15. The lowest BCUT2D eigenvalue weighted by atomic mass is 10.1. The highest BCUT2D eigenvalue weighted by atomic mass is 32.1. The number of H-pyrrole nitrogens is 2. The molecule has 0 atom stereocenters. The van der Waals surface area contributed by atoms with Crippen LogP contribution in [0.4, 0.5) is 0 Å². The molecule has 0 bridgehead atoms. The van der Waals surface area contributed by atoms with Gasteiger partial charge in [0.1, 0.15) is 11.5 Å². The minimum atomic E-state index is -0.0148. The van der Waals surface area contributed by atoms with Crippen molar-refractivity contribution in [2.45, 2.75) is 0 Å². The molecule has 14 heteroatoms. The van der Waals surface area contributed by atoms with Crippen molar-refractivity contribution >= 4 is 36.9 Å². The Morgan fingerprint density at radius 3 is 1.65 bits per heavy atom. The second kappa shape index (κ2) is 10.4. The first-order chi connectivity index (χ1) is 18.0. The number of hydrogen-bond donors (Lipinski definition) is 3. The number of aromatic hydroxyl groups is 1. The molecular formula is C23H18N10O2S2. The standard InChI is InChI=1S/C23H18N10O2S2/c1-35-19-16(12-26-32-20(28-30-22(32)36)14-2-6-24-7-3-14)10-18(34)11-17(19)13-27-33-21(29-31-23(33)37)15-4-8-25-9-5-15/h2-13,34H,1H3,(H,30,36)(H,31,37)/b26-12+,27-13+. The van der Waals surface area contributed by atoms with E-state index < -0.39 is 0 Å². The maximum Gasteiger partial charge on any atom is 0.216 e. The number of pyridine rings is 2. The molecule has 0 aliphatic rings. The molecular weight excluding hydrogens is 512 g/mol. The SMILES string of the molecule is COc1c(/C=N/n2c(-c3ccncc3)n[nH]c2=S)cc(O)cc1/C=N/n1c(-c2ccncc2)n[nH]c1=S. The molecule has 0 saturated heterocycles. The maximum absolute atomic E-state index is 10.4. The van der Waals surface area contributed by atoms with E-state index in [2.05, 4.69) is 40.6 Å². The molecule has 0 radical (unpaired) electrons. The quantitative estimate of drug-likeness (QED) is 0.213. The molecule has 0 amide bonds. The minimum Gasteiger partial charge on any atom is -0.508 e. The zero-order chi connectivity index (χ0) is 25.8. The van der Waals surface area contributed by atoms with Crippen LogP contribution in [0.15, 0.2) is 71.4 Å². The van der Waals surface area contributed by atoms with E-state index in [1.54, 1.807) is 49.1 Å². The van der Waals surface area contributed by atoms with Gasteiger partial charge in [-0.25, -0.2) is 10.2 Å². The van der Waals surface area contributed by atoms with Crippen molar-refractivity contribution in [3.63, 3.8) is 0 Å². The van der Waals surface area contributed by atoms with E-state index in [0.717, 1.165) is 11.1 Å². The molecule has 184 valence electrons. The van der Waals surface area contributed by atoms with E-state index in [9.17, 15) is 5.11 Å². The number of methoxy groups -OCH3 is 1. The summed E-state index contributed by atoms with van der Waals surface area (Å²) >= 11 is 10.7. The van der Waals surface area contributed by atoms with Gasteiger partial charge in [0.05, 0.1) is 19.5 Å². The number of nitrogens with one attached hydrogen (secondary N) is 2. The van der Waals surface area contributed by atoms with Crippen LogP contribution in [0.25, 0.3) is 22.8 Å². The zero-order valence-electron chi connectivity index (χ0n) is 19.2. The molecule has 0 saturated carbocycles. The van der Waals surface area contributed by atoms with Gasteiger partial charge in [0.2, 0.25) is 9.54 Å². The van der Waals surface area contributed by atoms with E-state index >= 15 is 0 Å². The first kappa shape index (κ1) is 23.9. The fourth-order valence-corrected chi connectivity index (χ4v) is 3.86. The molecule has 5 rings (SSSR count). The largest absolute Gasteiger partial charge is 0.508 e. The summed E-state index contributed by atoms with van der Waals surface area (Å²) in [6.07, 6.45) is 9.62. The van der Waals surface area contributed by atoms with Crippen LogP contribution in [-0.2, 0) is 0 Å². The molecule has 0 unspecified atom stereocenters. The third-order valence-electron chi connectivity index (χ3n) is 5.14. The van der Waals surface area contributed by atoms with Crippen molar-refractivity contribution in [1.82, 2.24) is 39.7 Å². The van der Waals surface area contributed by atoms with Crippen molar-refractivity contribution in [3.05, 3.63) is 81.9 Å². The van der Waals surface area contributed by atoms with E-state index in [1.165, 1.54) is 41.0 Å². The maximum atomic E-state index is 10.4. The van der Waals surface area contributed by atoms with Crippen LogP contribution in [0.3, 0.4) is 0 Å². The summed E-state index contributed by atoms with van der Waals surface area (Å²) in [6, 6.07) is 10.2. The lowest BCUT2D eigenvalue weighted by Gasteiger charge is -2.09. The highest BCUT2D eigenvalue weighted by Gasteiger charge is 2.13. The van der Waals surface area contributed by atoms with Gasteiger partial charge in [0, 0.05) is 47.0 Å². The van der Waals surface area contributed by atoms with Gasteiger partial charge < -0.3 is 9.84 Å². The van der Waals surface area contributed by atoms with Crippen molar-refractivity contribution in [1.29, 1.82) is 0 Å². The number of phenolic OH excluding ortho intramolecular Hbond substituents is 1. The van der Waals surface area contributed by atoms with Gasteiger partial charge >= 0.3 is 0 Å². The van der Waals surface area contributed by atoms with Gasteiger partial charge in [-0.3, -0.25) is 9.97 Å². The summed E-state index contributed by atoms with van der Waals surface area (Å²) in [5, 5.41) is 33.4. The smallest absolute Gasteiger partial charge is 0.216 e. The first-order valence-electron chi connectivity index (χ1n) is 10.7. The van der Waals surface area contributed by atoms with E-state index in [1.807, 2.05) is 0 Å². The van der Waals surface area contributed by atoms with Crippen LogP contribution in [-0.4, -0.2) is 64.4 Å². The second-order valence-electron chi connectivity index (χ2n) is 7.45. The molecule has 5 aromatic rings. The van der Waals surface area contributed by atoms with Crippen LogP contribution in [0.5, 0.6) is 11.5 Å². The topological polar surface area (TPSA) is 147 Å². The van der Waals surface area contributed by atoms with Gasteiger partial charge in [-0.05, 0) is 60.8 Å². The summed E-state index contributed by atoms with van der Waals surface area (Å²) in [4.78, 5) is 8.04. The Kier molecular flexibility index (Phi) is 6.74. The summed E-state index contributed by atoms with van der Waals surface area (Å²) in [6.45, 7) is 0. The molecule has 37 heavy (non-hydrogen) atoms. The number of nitrogens with zero attached hydrogens (tertiary/aromatic N) is 8. The molecule has 0 fully saturated rings. The summed E-state index contributed by atoms with van der Waals surface area (Å²) in [5.41, 5.74) is 2.52. The third-order valence-corrected chi connectivity index (χ3v) is 5.67. The number of ether oxygens (including phenoxy) is 1. The predicted octanol–water partition coefficient (Wildman–Crippen LogP) is 3.80. The van der Waals surface area contributed by atoms with Gasteiger partial charge in [-0.2, -0.15) is 29.8 Å². The third kappa shape index (κ3) is 4.96. The fourth-order valence-electron chi connectivity index (χ4n) is 3.50. The van der Waals surface area contributed by atoms with Crippen LogP contribution < -0.4 is 4.74 Å². The second-order valence-corrected chi connectivity index (χ2v) is 8.22. The average Bonchev–Trinajstić information content (AvgIpc) is 3.48. The minimum absolute atomic E-state index is 0.0148. The van der Waals surface area contributed by atoms with Crippen molar-refractivity contribution in [2.75, 3.05) is 7.11 Å². The lowest BCUT2D eigenvalue weighted by molar-refractivity contribution is 0.411. The Hall–Kier alpha value is -4.82. The van der Waals surface area contributed by atoms with Gasteiger partial charge in [-0.1, -0.05) is 0 Å². The average molecular weight is 531 g/mol. The number of phenols is 1. The molecule has 0 aliphatic carbocycles. The van der Waals surface area contributed by atoms with Gasteiger partial charge in [0.25, 0.3) is 0 Å². The Balaban J connectivity index is 1.53. The Labute approximate surface area is 219 Å². The van der Waals surface area contributed by atoms with Crippen molar-refractivity contribution in [2.24, 2.45) is 10.2 Å². The van der Waals surface area contributed by atoms with Crippen LogP contribution in [0.1, 0.15) is 11.1 Å². The van der Waals surface area contributed by atoms with E-state index in [4.69, 9.17) is 29.2 Å². The molecule has 12 nitrogen and oxygen atoms in total. The normalized spacial score (nSPS) is 11.5. The predicted molar refractivity (Wildman–Crippen MR) is 142 cm³/mol. The van der Waals surface area contributed by atoms with Crippen LogP contribution in [0, 0.1) is 9.54 Å². The number of aromatic amines is 2. The van der Waals surface area contributed by atoms with Crippen molar-refractivity contribution in [3.8, 4) is 34.3 Å². The summed E-state index contributed by atoms with van der Waals surface area (Å²) in [5.74, 6) is 1.41. The molecule has 4 heterocycles. The highest BCUT2D eigenvalue weighted by Crippen LogP contribution is 2.27. The van der Waals surface area contributed by atoms with Crippen molar-refractivity contribution < 1.29 is 9.84 Å². The van der Waals surface area contributed by atoms with E-state index in [0.29, 0.717) is 38.1 Å². The van der Waals surface area contributed by atoms with Gasteiger partial charge in [-0.15, -0.1) is 0 Å². The number of rotatable bonds is 7. The number of aromatic nitrogens is 8. The van der Waals surface area contributed by atoms with E-state index in [-0.39, 0.29) is 5.75 Å². The Morgan fingerprint density at radius 2 is 1.24 bits per heavy atom.